The lowest BCUT2D eigenvalue weighted by Crippen LogP contribution is -3.05. The third-order valence-electron chi connectivity index (χ3n) is 5.10. The Balaban J connectivity index is 2.08. The highest BCUT2D eigenvalue weighted by Gasteiger charge is 2.45. The number of aliphatic hydroxyl groups excluding tert-OH is 1. The molecule has 8 heteroatoms. The van der Waals surface area contributed by atoms with Gasteiger partial charge in [0.2, 0.25) is 5.78 Å². The van der Waals surface area contributed by atoms with Crippen LogP contribution in [0.25, 0.3) is 0 Å². The maximum atomic E-state index is 13.1. The molecule has 1 aliphatic heterocycles. The number of aliphatic hydroxyl groups is 1. The summed E-state index contributed by atoms with van der Waals surface area (Å²) in [5, 5.41) is 10.7. The van der Waals surface area contributed by atoms with Gasteiger partial charge in [0.25, 0.3) is 5.91 Å². The monoisotopic (exact) mass is 415 g/mol. The van der Waals surface area contributed by atoms with E-state index in [0.717, 1.165) is 6.54 Å². The molecule has 0 fully saturated rings. The van der Waals surface area contributed by atoms with Gasteiger partial charge in [-0.05, 0) is 24.3 Å². The van der Waals surface area contributed by atoms with Gasteiger partial charge in [-0.2, -0.15) is 0 Å². The summed E-state index contributed by atoms with van der Waals surface area (Å²) >= 11 is 0. The Kier molecular flexibility index (Phi) is 6.47. The van der Waals surface area contributed by atoms with Gasteiger partial charge in [0.05, 0.1) is 52.7 Å². The zero-order chi connectivity index (χ0) is 21.8. The number of methoxy groups -OCH3 is 2. The van der Waals surface area contributed by atoms with E-state index in [9.17, 15) is 14.7 Å². The maximum absolute atomic E-state index is 13.1. The highest BCUT2D eigenvalue weighted by molar-refractivity contribution is 6.15. The summed E-state index contributed by atoms with van der Waals surface area (Å²) in [5.74, 6) is -0.585. The van der Waals surface area contributed by atoms with Gasteiger partial charge >= 0.3 is 0 Å². The normalized spacial score (nSPS) is 16.5. The Bertz CT molecular complexity index is 949. The second-order valence-electron chi connectivity index (χ2n) is 7.39. The predicted molar refractivity (Wildman–Crippen MR) is 109 cm³/mol. The highest BCUT2D eigenvalue weighted by Crippen LogP contribution is 2.43. The molecule has 30 heavy (non-hydrogen) atoms. The van der Waals surface area contributed by atoms with Crippen LogP contribution in [0.1, 0.15) is 28.6 Å². The minimum atomic E-state index is -0.798. The molecule has 0 saturated heterocycles. The molecule has 0 spiro atoms. The number of furan rings is 1. The van der Waals surface area contributed by atoms with Crippen molar-refractivity contribution in [2.24, 2.45) is 0 Å². The smallest absolute Gasteiger partial charge is 0.290 e. The Morgan fingerprint density at radius 3 is 2.60 bits per heavy atom. The van der Waals surface area contributed by atoms with Crippen molar-refractivity contribution in [1.29, 1.82) is 0 Å². The number of rotatable bonds is 9. The second-order valence-corrected chi connectivity index (χ2v) is 7.39. The molecule has 2 N–H and O–H groups in total. The molecule has 1 aliphatic rings. The van der Waals surface area contributed by atoms with Crippen LogP contribution in [0, 0.1) is 0 Å². The Labute approximate surface area is 175 Å². The van der Waals surface area contributed by atoms with E-state index in [1.54, 1.807) is 31.4 Å². The lowest BCUT2D eigenvalue weighted by molar-refractivity contribution is -0.858. The average Bonchev–Trinajstić information content (AvgIpc) is 3.35. The molecule has 2 aromatic rings. The number of carbonyl (C=O) groups is 2. The lowest BCUT2D eigenvalue weighted by atomic mass is 9.94. The van der Waals surface area contributed by atoms with E-state index >= 15 is 0 Å². The van der Waals surface area contributed by atoms with Crippen LogP contribution >= 0.6 is 0 Å². The Hall–Kier alpha value is -3.26. The zero-order valence-electron chi connectivity index (χ0n) is 17.6. The van der Waals surface area contributed by atoms with Crippen LogP contribution in [0.4, 0.5) is 0 Å². The minimum Gasteiger partial charge on any atom is -0.503 e. The summed E-state index contributed by atoms with van der Waals surface area (Å²) in [7, 11) is 7.10. The van der Waals surface area contributed by atoms with E-state index in [-0.39, 0.29) is 11.3 Å². The molecule has 1 aromatic heterocycles. The van der Waals surface area contributed by atoms with Crippen molar-refractivity contribution in [3.8, 4) is 11.5 Å². The summed E-state index contributed by atoms with van der Waals surface area (Å²) in [6.45, 7) is 1.21. The molecule has 2 heterocycles. The summed E-state index contributed by atoms with van der Waals surface area (Å²) in [5.41, 5.74) is 0.568. The van der Waals surface area contributed by atoms with Crippen LogP contribution in [0.2, 0.25) is 0 Å². The van der Waals surface area contributed by atoms with Crippen molar-refractivity contribution in [1.82, 2.24) is 4.90 Å². The van der Waals surface area contributed by atoms with Crippen molar-refractivity contribution >= 4 is 11.7 Å². The van der Waals surface area contributed by atoms with Crippen molar-refractivity contribution in [3.05, 3.63) is 59.3 Å². The third kappa shape index (κ3) is 4.04. The number of hydrogen-bond acceptors (Lipinski definition) is 6. The maximum Gasteiger partial charge on any atom is 0.290 e. The number of Topliss-reactive ketones (excluding diaryl/α,β-unsaturated/α-hetero) is 1. The summed E-state index contributed by atoms with van der Waals surface area (Å²) < 4.78 is 16.0. The molecule has 3 rings (SSSR count). The molecular weight excluding hydrogens is 388 g/mol. The number of quaternary nitrogens is 1. The van der Waals surface area contributed by atoms with Gasteiger partial charge in [-0.25, -0.2) is 0 Å². The van der Waals surface area contributed by atoms with Crippen molar-refractivity contribution in [2.75, 3.05) is 41.4 Å². The summed E-state index contributed by atoms with van der Waals surface area (Å²) in [6, 6.07) is 7.46. The number of benzene rings is 1. The molecule has 1 atom stereocenters. The fourth-order valence-electron chi connectivity index (χ4n) is 3.63. The quantitative estimate of drug-likeness (QED) is 0.602. The third-order valence-corrected chi connectivity index (χ3v) is 5.10. The number of nitrogens with one attached hydrogen (secondary N) is 1. The molecule has 0 radical (unpaired) electrons. The molecule has 0 bridgehead atoms. The van der Waals surface area contributed by atoms with Gasteiger partial charge in [0.15, 0.2) is 11.5 Å². The van der Waals surface area contributed by atoms with Gasteiger partial charge < -0.3 is 28.8 Å². The highest BCUT2D eigenvalue weighted by atomic mass is 16.5. The second kappa shape index (κ2) is 9.04. The standard InChI is InChI=1S/C22H26N2O6/c1-23(2)10-6-11-24-19(15-9-8-14(28-3)13-17(15)29-4)18(21(26)22(24)27)20(25)16-7-5-12-30-16/h5,7-9,12-13,19,26H,6,10-11H2,1-4H3/p+1. The van der Waals surface area contributed by atoms with Gasteiger partial charge in [0, 0.05) is 24.6 Å². The molecule has 160 valence electrons. The van der Waals surface area contributed by atoms with Crippen molar-refractivity contribution in [3.63, 3.8) is 0 Å². The molecule has 1 amide bonds. The van der Waals surface area contributed by atoms with E-state index in [4.69, 9.17) is 13.9 Å². The molecular formula is C22H27N2O6+. The summed E-state index contributed by atoms with van der Waals surface area (Å²) in [4.78, 5) is 28.8. The van der Waals surface area contributed by atoms with Crippen LogP contribution in [0.5, 0.6) is 11.5 Å². The Morgan fingerprint density at radius 2 is 2.00 bits per heavy atom. The zero-order valence-corrected chi connectivity index (χ0v) is 17.6. The van der Waals surface area contributed by atoms with Crippen LogP contribution < -0.4 is 14.4 Å². The van der Waals surface area contributed by atoms with Crippen LogP contribution in [0.3, 0.4) is 0 Å². The van der Waals surface area contributed by atoms with Gasteiger partial charge in [-0.1, -0.05) is 0 Å². The summed E-state index contributed by atoms with van der Waals surface area (Å²) in [6.07, 6.45) is 2.08. The number of carbonyl (C=O) groups excluding carboxylic acids is 2. The lowest BCUT2D eigenvalue weighted by Gasteiger charge is -2.28. The largest absolute Gasteiger partial charge is 0.503 e. The number of ether oxygens (including phenoxy) is 2. The van der Waals surface area contributed by atoms with Crippen LogP contribution in [0.15, 0.2) is 52.3 Å². The first kappa shape index (κ1) is 21.4. The van der Waals surface area contributed by atoms with Crippen LogP contribution in [-0.2, 0) is 4.79 Å². The fourth-order valence-corrected chi connectivity index (χ4v) is 3.63. The van der Waals surface area contributed by atoms with Crippen molar-refractivity contribution in [2.45, 2.75) is 12.5 Å². The molecule has 1 aromatic carbocycles. The molecule has 0 saturated carbocycles. The average molecular weight is 415 g/mol. The van der Waals surface area contributed by atoms with E-state index in [1.165, 1.54) is 29.2 Å². The number of nitrogens with zero attached hydrogens (tertiary/aromatic N) is 1. The molecule has 0 aliphatic carbocycles. The van der Waals surface area contributed by atoms with Crippen LogP contribution in [-0.4, -0.2) is 63.1 Å². The number of hydrogen-bond donors (Lipinski definition) is 2. The topological polar surface area (TPSA) is 93.7 Å². The Morgan fingerprint density at radius 1 is 1.23 bits per heavy atom. The van der Waals surface area contributed by atoms with E-state index in [2.05, 4.69) is 0 Å². The minimum absolute atomic E-state index is 0.0179. The van der Waals surface area contributed by atoms with E-state index in [0.29, 0.717) is 30.0 Å². The fraction of sp³-hybridized carbons (Fsp3) is 0.364. The van der Waals surface area contributed by atoms with Gasteiger partial charge in [-0.15, -0.1) is 0 Å². The van der Waals surface area contributed by atoms with E-state index < -0.39 is 23.5 Å². The number of amides is 1. The van der Waals surface area contributed by atoms with E-state index in [1.807, 2.05) is 14.1 Å². The first-order valence-corrected chi connectivity index (χ1v) is 9.72. The first-order valence-electron chi connectivity index (χ1n) is 9.72. The predicted octanol–water partition coefficient (Wildman–Crippen LogP) is 1.41. The SMILES string of the molecule is COc1ccc(C2C(C(=O)c3ccco3)=C(O)C(=O)N2CCC[NH+](C)C)c(OC)c1. The van der Waals surface area contributed by atoms with Gasteiger partial charge in [-0.3, -0.25) is 9.59 Å². The first-order chi connectivity index (χ1) is 14.4. The number of ketones is 1. The molecule has 8 nitrogen and oxygen atoms in total. The molecule has 1 unspecified atom stereocenters. The van der Waals surface area contributed by atoms with Crippen molar-refractivity contribution < 1.29 is 33.5 Å². The van der Waals surface area contributed by atoms with Gasteiger partial charge in [0.1, 0.15) is 11.5 Å².